The number of rotatable bonds is 6. The summed E-state index contributed by atoms with van der Waals surface area (Å²) in [6.45, 7) is 2.33. The Kier molecular flexibility index (Phi) is 5.08. The monoisotopic (exact) mass is 342 g/mol. The molecule has 0 unspecified atom stereocenters. The van der Waals surface area contributed by atoms with E-state index in [1.807, 2.05) is 47.8 Å². The topological polar surface area (TPSA) is 66.6 Å². The first-order valence-electron chi connectivity index (χ1n) is 7.61. The molecule has 6 heteroatoms. The summed E-state index contributed by atoms with van der Waals surface area (Å²) in [5.41, 5.74) is 1.24. The molecule has 0 radical (unpaired) electrons. The van der Waals surface area contributed by atoms with E-state index >= 15 is 0 Å². The molecule has 1 atom stereocenters. The zero-order valence-electron chi connectivity index (χ0n) is 13.3. The lowest BCUT2D eigenvalue weighted by Crippen LogP contribution is -2.34. The second kappa shape index (κ2) is 7.42. The number of hydrogen-bond donors (Lipinski definition) is 1. The van der Waals surface area contributed by atoms with Gasteiger partial charge in [0.2, 0.25) is 0 Å². The molecule has 0 saturated heterocycles. The van der Waals surface area contributed by atoms with Crippen LogP contribution in [0.5, 0.6) is 0 Å². The van der Waals surface area contributed by atoms with Gasteiger partial charge in [0.25, 0.3) is 5.91 Å². The molecule has 0 aliphatic heterocycles. The highest BCUT2D eigenvalue weighted by molar-refractivity contribution is 7.10. The minimum atomic E-state index is -0.731. The van der Waals surface area contributed by atoms with E-state index in [4.69, 9.17) is 4.52 Å². The Morgan fingerprint density at radius 2 is 2.08 bits per heavy atom. The Bertz CT molecular complexity index is 784. The van der Waals surface area contributed by atoms with E-state index in [0.717, 1.165) is 10.4 Å². The zero-order chi connectivity index (χ0) is 16.9. The molecule has 1 aromatic carbocycles. The molecule has 0 saturated carbocycles. The van der Waals surface area contributed by atoms with E-state index in [9.17, 15) is 9.90 Å². The lowest BCUT2D eigenvalue weighted by molar-refractivity contribution is 0.0599. The smallest absolute Gasteiger partial charge is 0.276 e. The van der Waals surface area contributed by atoms with Gasteiger partial charge in [-0.25, -0.2) is 0 Å². The molecule has 5 nitrogen and oxygen atoms in total. The summed E-state index contributed by atoms with van der Waals surface area (Å²) < 4.78 is 5.01. The van der Waals surface area contributed by atoms with Crippen LogP contribution in [0.1, 0.15) is 32.8 Å². The summed E-state index contributed by atoms with van der Waals surface area (Å²) in [5, 5.41) is 16.1. The van der Waals surface area contributed by atoms with E-state index in [2.05, 4.69) is 5.16 Å². The SMILES string of the molecule is Cc1cc(C(=O)N(Cc2ccccc2)C[C@H](O)c2cccs2)no1. The molecule has 3 aromatic rings. The number of amides is 1. The van der Waals surface area contributed by atoms with Crippen LogP contribution in [0.4, 0.5) is 0 Å². The van der Waals surface area contributed by atoms with Crippen molar-refractivity contribution in [3.63, 3.8) is 0 Å². The van der Waals surface area contributed by atoms with Gasteiger partial charge in [-0.05, 0) is 23.9 Å². The standard InChI is InChI=1S/C18H18N2O3S/c1-13-10-15(19-23-13)18(22)20(11-14-6-3-2-4-7-14)12-16(21)17-8-5-9-24-17/h2-10,16,21H,11-12H2,1H3/t16-/m0/s1. The number of hydrogen-bond acceptors (Lipinski definition) is 5. The molecular formula is C18H18N2O3S. The average Bonchev–Trinajstić information content (AvgIpc) is 3.26. The predicted octanol–water partition coefficient (Wildman–Crippen LogP) is 3.42. The Balaban J connectivity index is 1.81. The van der Waals surface area contributed by atoms with Crippen LogP contribution >= 0.6 is 11.3 Å². The Morgan fingerprint density at radius 3 is 2.71 bits per heavy atom. The van der Waals surface area contributed by atoms with Gasteiger partial charge in [-0.3, -0.25) is 4.79 Å². The van der Waals surface area contributed by atoms with E-state index in [1.165, 1.54) is 11.3 Å². The van der Waals surface area contributed by atoms with Crippen molar-refractivity contribution < 1.29 is 14.4 Å². The van der Waals surface area contributed by atoms with Gasteiger partial charge in [0, 0.05) is 17.5 Å². The van der Waals surface area contributed by atoms with Crippen LogP contribution in [0.25, 0.3) is 0 Å². The van der Waals surface area contributed by atoms with Gasteiger partial charge >= 0.3 is 0 Å². The van der Waals surface area contributed by atoms with Crippen molar-refractivity contribution in [2.45, 2.75) is 19.6 Å². The number of carbonyl (C=O) groups is 1. The van der Waals surface area contributed by atoms with Crippen LogP contribution in [0.3, 0.4) is 0 Å². The Hall–Kier alpha value is -2.44. The number of thiophene rings is 1. The summed E-state index contributed by atoms with van der Waals surface area (Å²) in [6, 6.07) is 15.0. The second-order valence-electron chi connectivity index (χ2n) is 5.53. The normalized spacial score (nSPS) is 12.1. The summed E-state index contributed by atoms with van der Waals surface area (Å²) in [6.07, 6.45) is -0.731. The number of benzene rings is 1. The molecule has 0 aliphatic rings. The third kappa shape index (κ3) is 3.90. The predicted molar refractivity (Wildman–Crippen MR) is 91.7 cm³/mol. The van der Waals surface area contributed by atoms with E-state index < -0.39 is 6.10 Å². The highest BCUT2D eigenvalue weighted by Crippen LogP contribution is 2.21. The lowest BCUT2D eigenvalue weighted by atomic mass is 10.2. The van der Waals surface area contributed by atoms with Crippen LogP contribution in [0.15, 0.2) is 58.4 Å². The highest BCUT2D eigenvalue weighted by atomic mass is 32.1. The fourth-order valence-electron chi connectivity index (χ4n) is 2.43. The summed E-state index contributed by atoms with van der Waals surface area (Å²) in [4.78, 5) is 15.2. The average molecular weight is 342 g/mol. The Morgan fingerprint density at radius 1 is 1.29 bits per heavy atom. The van der Waals surface area contributed by atoms with Crippen LogP contribution < -0.4 is 0 Å². The van der Waals surface area contributed by atoms with Gasteiger partial charge in [-0.15, -0.1) is 11.3 Å². The van der Waals surface area contributed by atoms with Crippen LogP contribution in [0, 0.1) is 6.92 Å². The first-order valence-corrected chi connectivity index (χ1v) is 8.49. The van der Waals surface area contributed by atoms with Gasteiger partial charge in [-0.1, -0.05) is 41.6 Å². The summed E-state index contributed by atoms with van der Waals surface area (Å²) in [5.74, 6) is 0.322. The van der Waals surface area contributed by atoms with E-state index in [1.54, 1.807) is 17.9 Å². The zero-order valence-corrected chi connectivity index (χ0v) is 14.1. The molecule has 0 bridgehead atoms. The van der Waals surface area contributed by atoms with Crippen molar-refractivity contribution in [3.8, 4) is 0 Å². The molecule has 3 rings (SSSR count). The van der Waals surface area contributed by atoms with E-state index in [0.29, 0.717) is 12.3 Å². The third-order valence-electron chi connectivity index (χ3n) is 3.62. The van der Waals surface area contributed by atoms with Gasteiger partial charge in [0.05, 0.1) is 6.54 Å². The number of aliphatic hydroxyl groups is 1. The molecule has 0 aliphatic carbocycles. The quantitative estimate of drug-likeness (QED) is 0.745. The van der Waals surface area contributed by atoms with Crippen molar-refractivity contribution in [1.82, 2.24) is 10.1 Å². The second-order valence-corrected chi connectivity index (χ2v) is 6.50. The summed E-state index contributed by atoms with van der Waals surface area (Å²) in [7, 11) is 0. The van der Waals surface area contributed by atoms with Crippen LogP contribution in [-0.2, 0) is 6.54 Å². The maximum Gasteiger partial charge on any atom is 0.276 e. The largest absolute Gasteiger partial charge is 0.386 e. The molecule has 2 aromatic heterocycles. The number of aromatic nitrogens is 1. The number of aliphatic hydroxyl groups excluding tert-OH is 1. The van der Waals surface area contributed by atoms with Crippen molar-refractivity contribution in [2.24, 2.45) is 0 Å². The van der Waals surface area contributed by atoms with Crippen LogP contribution in [0.2, 0.25) is 0 Å². The molecule has 124 valence electrons. The third-order valence-corrected chi connectivity index (χ3v) is 4.59. The minimum Gasteiger partial charge on any atom is -0.386 e. The molecule has 0 spiro atoms. The van der Waals surface area contributed by atoms with Crippen LogP contribution in [-0.4, -0.2) is 27.6 Å². The molecule has 1 amide bonds. The lowest BCUT2D eigenvalue weighted by Gasteiger charge is -2.24. The van der Waals surface area contributed by atoms with Crippen molar-refractivity contribution in [3.05, 3.63) is 75.8 Å². The molecule has 1 N–H and O–H groups in total. The number of carbonyl (C=O) groups excluding carboxylic acids is 1. The fraction of sp³-hybridized carbons (Fsp3) is 0.222. The molecular weight excluding hydrogens is 324 g/mol. The van der Waals surface area contributed by atoms with Gasteiger partial charge in [-0.2, -0.15) is 0 Å². The van der Waals surface area contributed by atoms with Crippen molar-refractivity contribution in [2.75, 3.05) is 6.54 Å². The first kappa shape index (κ1) is 16.4. The highest BCUT2D eigenvalue weighted by Gasteiger charge is 2.23. The Labute approximate surface area is 144 Å². The van der Waals surface area contributed by atoms with Crippen molar-refractivity contribution >= 4 is 17.2 Å². The van der Waals surface area contributed by atoms with Gasteiger partial charge in [0.15, 0.2) is 5.69 Å². The maximum absolute atomic E-state index is 12.8. The summed E-state index contributed by atoms with van der Waals surface area (Å²) >= 11 is 1.47. The molecule has 24 heavy (non-hydrogen) atoms. The molecule has 0 fully saturated rings. The fourth-order valence-corrected chi connectivity index (χ4v) is 3.13. The molecule has 2 heterocycles. The number of aryl methyl sites for hydroxylation is 1. The minimum absolute atomic E-state index is 0.195. The van der Waals surface area contributed by atoms with Gasteiger partial charge < -0.3 is 14.5 Å². The maximum atomic E-state index is 12.8. The first-order chi connectivity index (χ1) is 11.6. The van der Waals surface area contributed by atoms with E-state index in [-0.39, 0.29) is 18.1 Å². The number of nitrogens with zero attached hydrogens (tertiary/aromatic N) is 2. The van der Waals surface area contributed by atoms with Crippen molar-refractivity contribution in [1.29, 1.82) is 0 Å². The van der Waals surface area contributed by atoms with Gasteiger partial charge in [0.1, 0.15) is 11.9 Å².